The molecular formula is C11H9BrOS2. The van der Waals surface area contributed by atoms with Crippen LogP contribution in [0.4, 0.5) is 0 Å². The van der Waals surface area contributed by atoms with Gasteiger partial charge >= 0.3 is 0 Å². The summed E-state index contributed by atoms with van der Waals surface area (Å²) in [4.78, 5) is 13.9. The highest BCUT2D eigenvalue weighted by Crippen LogP contribution is 2.24. The maximum atomic E-state index is 11.8. The number of carbonyl (C=O) groups is 1. The second kappa shape index (κ2) is 4.60. The summed E-state index contributed by atoms with van der Waals surface area (Å²) in [5.41, 5.74) is 1.12. The van der Waals surface area contributed by atoms with Crippen LogP contribution in [0.15, 0.2) is 27.4 Å². The van der Waals surface area contributed by atoms with Crippen molar-refractivity contribution in [2.75, 3.05) is 0 Å². The number of halogens is 1. The van der Waals surface area contributed by atoms with Gasteiger partial charge in [-0.2, -0.15) is 0 Å². The number of carbonyl (C=O) groups excluding carboxylic acids is 1. The van der Waals surface area contributed by atoms with Crippen molar-refractivity contribution >= 4 is 44.4 Å². The summed E-state index contributed by atoms with van der Waals surface area (Å²) in [6.07, 6.45) is 0.511. The molecule has 0 amide bonds. The fraction of sp³-hybridized carbons (Fsp3) is 0.182. The van der Waals surface area contributed by atoms with E-state index in [1.807, 2.05) is 12.1 Å². The molecule has 2 rings (SSSR count). The predicted molar refractivity (Wildman–Crippen MR) is 69.1 cm³/mol. The lowest BCUT2D eigenvalue weighted by molar-refractivity contribution is 0.0997. The Labute approximate surface area is 105 Å². The summed E-state index contributed by atoms with van der Waals surface area (Å²) in [6.45, 7) is 2.06. The van der Waals surface area contributed by atoms with Crippen molar-refractivity contribution in [2.45, 2.75) is 13.3 Å². The van der Waals surface area contributed by atoms with Gasteiger partial charge in [-0.1, -0.05) is 0 Å². The molecule has 0 radical (unpaired) electrons. The van der Waals surface area contributed by atoms with Crippen LogP contribution in [0.3, 0.4) is 0 Å². The van der Waals surface area contributed by atoms with Gasteiger partial charge in [-0.05, 0) is 52.0 Å². The van der Waals surface area contributed by atoms with Crippen LogP contribution in [-0.4, -0.2) is 5.78 Å². The quantitative estimate of drug-likeness (QED) is 0.772. The molecule has 0 fully saturated rings. The van der Waals surface area contributed by atoms with Crippen molar-refractivity contribution in [3.63, 3.8) is 0 Å². The van der Waals surface area contributed by atoms with Crippen molar-refractivity contribution in [3.8, 4) is 0 Å². The first-order chi connectivity index (χ1) is 7.15. The number of hydrogen-bond donors (Lipinski definition) is 0. The van der Waals surface area contributed by atoms with E-state index in [-0.39, 0.29) is 5.78 Å². The maximum absolute atomic E-state index is 11.8. The van der Waals surface area contributed by atoms with Crippen molar-refractivity contribution < 1.29 is 4.79 Å². The molecule has 0 aliphatic rings. The monoisotopic (exact) mass is 300 g/mol. The molecule has 78 valence electrons. The summed E-state index contributed by atoms with van der Waals surface area (Å²) in [5, 5.41) is 2.05. The predicted octanol–water partition coefficient (Wildman–Crippen LogP) is 4.31. The highest BCUT2D eigenvalue weighted by atomic mass is 79.9. The molecule has 0 spiro atoms. The number of Topliss-reactive ketones (excluding diaryl/α,β-unsaturated/α-hetero) is 1. The zero-order valence-electron chi connectivity index (χ0n) is 8.12. The first-order valence-electron chi connectivity index (χ1n) is 4.47. The number of aryl methyl sites for hydroxylation is 1. The van der Waals surface area contributed by atoms with Crippen LogP contribution in [0.25, 0.3) is 0 Å². The Balaban J connectivity index is 2.10. The number of thiophene rings is 2. The number of ketones is 1. The maximum Gasteiger partial charge on any atom is 0.177 e. The second-order valence-corrected chi connectivity index (χ2v) is 6.85. The number of rotatable bonds is 3. The van der Waals surface area contributed by atoms with Crippen molar-refractivity contribution in [2.24, 2.45) is 0 Å². The molecule has 0 aliphatic carbocycles. The Bertz CT molecular complexity index is 484. The molecule has 2 aromatic heterocycles. The molecule has 0 N–H and O–H groups in total. The van der Waals surface area contributed by atoms with Crippen molar-refractivity contribution in [1.29, 1.82) is 0 Å². The van der Waals surface area contributed by atoms with Gasteiger partial charge in [0.05, 0.1) is 8.66 Å². The minimum absolute atomic E-state index is 0.198. The fourth-order valence-corrected chi connectivity index (χ4v) is 3.36. The van der Waals surface area contributed by atoms with E-state index in [9.17, 15) is 4.79 Å². The van der Waals surface area contributed by atoms with Crippen LogP contribution in [0.2, 0.25) is 0 Å². The van der Waals surface area contributed by atoms with Gasteiger partial charge in [0.1, 0.15) is 0 Å². The average Bonchev–Trinajstić information content (AvgIpc) is 2.75. The van der Waals surface area contributed by atoms with Gasteiger partial charge < -0.3 is 0 Å². The molecule has 0 saturated heterocycles. The number of hydrogen-bond acceptors (Lipinski definition) is 3. The van der Waals surface area contributed by atoms with E-state index < -0.39 is 0 Å². The van der Waals surface area contributed by atoms with Gasteiger partial charge in [-0.15, -0.1) is 22.7 Å². The molecule has 4 heteroatoms. The Hall–Kier alpha value is -0.450. The lowest BCUT2D eigenvalue weighted by Crippen LogP contribution is -1.99. The van der Waals surface area contributed by atoms with Crippen LogP contribution in [0.1, 0.15) is 20.1 Å². The highest BCUT2D eigenvalue weighted by Gasteiger charge is 2.10. The molecule has 0 atom stereocenters. The summed E-state index contributed by atoms with van der Waals surface area (Å²) in [5.74, 6) is 0.198. The third kappa shape index (κ3) is 2.77. The van der Waals surface area contributed by atoms with Gasteiger partial charge in [0.25, 0.3) is 0 Å². The molecular weight excluding hydrogens is 292 g/mol. The van der Waals surface area contributed by atoms with E-state index in [4.69, 9.17) is 0 Å². The Morgan fingerprint density at radius 1 is 1.47 bits per heavy atom. The molecule has 0 bridgehead atoms. The van der Waals surface area contributed by atoms with Gasteiger partial charge in [-0.25, -0.2) is 0 Å². The van der Waals surface area contributed by atoms with Crippen molar-refractivity contribution in [1.82, 2.24) is 0 Å². The second-order valence-electron chi connectivity index (χ2n) is 3.27. The fourth-order valence-electron chi connectivity index (χ4n) is 1.33. The molecule has 0 aromatic carbocycles. The van der Waals surface area contributed by atoms with Crippen LogP contribution in [-0.2, 0) is 6.42 Å². The topological polar surface area (TPSA) is 17.1 Å². The third-order valence-corrected chi connectivity index (χ3v) is 4.57. The lowest BCUT2D eigenvalue weighted by atomic mass is 10.1. The van der Waals surface area contributed by atoms with Gasteiger partial charge in [0.2, 0.25) is 0 Å². The molecule has 2 aromatic rings. The van der Waals surface area contributed by atoms with Gasteiger partial charge in [0.15, 0.2) is 5.78 Å². The third-order valence-electron chi connectivity index (χ3n) is 2.00. The van der Waals surface area contributed by atoms with E-state index >= 15 is 0 Å². The molecule has 2 heterocycles. The van der Waals surface area contributed by atoms with E-state index in [1.54, 1.807) is 11.3 Å². The minimum Gasteiger partial charge on any atom is -0.293 e. The molecule has 0 aliphatic heterocycles. The Kier molecular flexibility index (Phi) is 3.38. The Morgan fingerprint density at radius 3 is 2.80 bits per heavy atom. The van der Waals surface area contributed by atoms with E-state index in [0.29, 0.717) is 6.42 Å². The van der Waals surface area contributed by atoms with Crippen LogP contribution in [0, 0.1) is 6.92 Å². The van der Waals surface area contributed by atoms with E-state index in [1.165, 1.54) is 16.2 Å². The Morgan fingerprint density at radius 2 is 2.27 bits per heavy atom. The average molecular weight is 301 g/mol. The SMILES string of the molecule is Cc1cc(CC(=O)c2ccc(Br)s2)cs1. The zero-order chi connectivity index (χ0) is 10.8. The van der Waals surface area contributed by atoms with Crippen LogP contribution >= 0.6 is 38.6 Å². The first kappa shape index (κ1) is 11.0. The summed E-state index contributed by atoms with van der Waals surface area (Å²) >= 11 is 6.54. The normalized spacial score (nSPS) is 10.5. The highest BCUT2D eigenvalue weighted by molar-refractivity contribution is 9.11. The van der Waals surface area contributed by atoms with Crippen LogP contribution in [0.5, 0.6) is 0 Å². The zero-order valence-corrected chi connectivity index (χ0v) is 11.3. The molecule has 0 saturated carbocycles. The molecule has 1 nitrogen and oxygen atoms in total. The summed E-state index contributed by atoms with van der Waals surface area (Å²) < 4.78 is 1.01. The van der Waals surface area contributed by atoms with Crippen LogP contribution < -0.4 is 0 Å². The van der Waals surface area contributed by atoms with Gasteiger partial charge in [-0.3, -0.25) is 4.79 Å². The van der Waals surface area contributed by atoms with E-state index in [0.717, 1.165) is 14.2 Å². The lowest BCUT2D eigenvalue weighted by Gasteiger charge is -1.94. The first-order valence-corrected chi connectivity index (χ1v) is 6.96. The standard InChI is InChI=1S/C11H9BrOS2/c1-7-4-8(6-14-7)5-9(13)10-2-3-11(12)15-10/h2-4,6H,5H2,1H3. The van der Waals surface area contributed by atoms with E-state index in [2.05, 4.69) is 34.3 Å². The largest absolute Gasteiger partial charge is 0.293 e. The summed E-state index contributed by atoms with van der Waals surface area (Å²) in [6, 6.07) is 5.86. The smallest absolute Gasteiger partial charge is 0.177 e. The summed E-state index contributed by atoms with van der Waals surface area (Å²) in [7, 11) is 0. The molecule has 0 unspecified atom stereocenters. The molecule has 15 heavy (non-hydrogen) atoms. The van der Waals surface area contributed by atoms with Gasteiger partial charge in [0, 0.05) is 11.3 Å². The van der Waals surface area contributed by atoms with Crippen molar-refractivity contribution in [3.05, 3.63) is 42.7 Å². The minimum atomic E-state index is 0.198.